The molecular weight excluding hydrogens is 304 g/mol. The van der Waals surface area contributed by atoms with E-state index in [1.807, 2.05) is 36.1 Å². The topological polar surface area (TPSA) is 32.3 Å². The van der Waals surface area contributed by atoms with Crippen LogP contribution < -0.4 is 5.32 Å². The summed E-state index contributed by atoms with van der Waals surface area (Å²) >= 11 is 3.46. The first-order chi connectivity index (χ1) is 9.22. The van der Waals surface area contributed by atoms with E-state index in [-0.39, 0.29) is 5.91 Å². The van der Waals surface area contributed by atoms with Crippen LogP contribution in [0.25, 0.3) is 0 Å². The molecular formula is C15H21BrN2O. The van der Waals surface area contributed by atoms with Gasteiger partial charge in [0.05, 0.1) is 5.56 Å². The lowest BCUT2D eigenvalue weighted by Gasteiger charge is -2.29. The molecule has 1 fully saturated rings. The van der Waals surface area contributed by atoms with Crippen molar-refractivity contribution in [2.24, 2.45) is 5.92 Å². The molecule has 0 bridgehead atoms. The van der Waals surface area contributed by atoms with Gasteiger partial charge in [-0.05, 0) is 66.8 Å². The van der Waals surface area contributed by atoms with Crippen molar-refractivity contribution in [3.63, 3.8) is 0 Å². The Hall–Kier alpha value is -0.870. The summed E-state index contributed by atoms with van der Waals surface area (Å²) in [5.41, 5.74) is 0.758. The van der Waals surface area contributed by atoms with Crippen LogP contribution in [-0.4, -0.2) is 37.0 Å². The molecule has 0 aliphatic carbocycles. The van der Waals surface area contributed by atoms with Gasteiger partial charge < -0.3 is 10.2 Å². The predicted octanol–water partition coefficient (Wildman–Crippen LogP) is 2.91. The van der Waals surface area contributed by atoms with Gasteiger partial charge in [0.2, 0.25) is 0 Å². The van der Waals surface area contributed by atoms with Gasteiger partial charge in [-0.2, -0.15) is 0 Å². The smallest absolute Gasteiger partial charge is 0.254 e. The molecule has 19 heavy (non-hydrogen) atoms. The fraction of sp³-hybridized carbons (Fsp3) is 0.533. The molecule has 0 spiro atoms. The van der Waals surface area contributed by atoms with Gasteiger partial charge in [-0.3, -0.25) is 4.79 Å². The lowest BCUT2D eigenvalue weighted by atomic mass is 9.99. The van der Waals surface area contributed by atoms with Crippen molar-refractivity contribution >= 4 is 21.8 Å². The molecule has 104 valence electrons. The fourth-order valence-electron chi connectivity index (χ4n) is 2.55. The molecule has 1 aliphatic heterocycles. The maximum absolute atomic E-state index is 12.5. The van der Waals surface area contributed by atoms with Crippen LogP contribution >= 0.6 is 15.9 Å². The highest BCUT2D eigenvalue weighted by Gasteiger charge is 2.21. The minimum absolute atomic E-state index is 0.126. The lowest BCUT2D eigenvalue weighted by molar-refractivity contribution is 0.0728. The Morgan fingerprint density at radius 3 is 2.89 bits per heavy atom. The summed E-state index contributed by atoms with van der Waals surface area (Å²) in [5.74, 6) is 0.709. The van der Waals surface area contributed by atoms with Crippen LogP contribution in [0, 0.1) is 5.92 Å². The minimum atomic E-state index is 0.126. The number of amides is 1. The Morgan fingerprint density at radius 2 is 2.26 bits per heavy atom. The first kappa shape index (κ1) is 14.5. The Kier molecular flexibility index (Phi) is 5.40. The second-order valence-corrected chi connectivity index (χ2v) is 5.89. The number of hydrogen-bond donors (Lipinski definition) is 1. The summed E-state index contributed by atoms with van der Waals surface area (Å²) in [5, 5.41) is 3.41. The van der Waals surface area contributed by atoms with Crippen LogP contribution in [0.3, 0.4) is 0 Å². The highest BCUT2D eigenvalue weighted by atomic mass is 79.9. The number of hydrogen-bond acceptors (Lipinski definition) is 2. The molecule has 0 aromatic heterocycles. The van der Waals surface area contributed by atoms with Gasteiger partial charge in [0, 0.05) is 17.6 Å². The number of piperidine rings is 1. The predicted molar refractivity (Wildman–Crippen MR) is 81.3 cm³/mol. The zero-order valence-electron chi connectivity index (χ0n) is 11.4. The second kappa shape index (κ2) is 7.06. The van der Waals surface area contributed by atoms with Gasteiger partial charge in [0.15, 0.2) is 0 Å². The summed E-state index contributed by atoms with van der Waals surface area (Å²) in [6.07, 6.45) is 2.43. The molecule has 1 saturated heterocycles. The van der Waals surface area contributed by atoms with Crippen LogP contribution in [0.2, 0.25) is 0 Å². The Balaban J connectivity index is 2.04. The summed E-state index contributed by atoms with van der Waals surface area (Å²) in [6, 6.07) is 7.65. The van der Waals surface area contributed by atoms with E-state index < -0.39 is 0 Å². The van der Waals surface area contributed by atoms with Crippen molar-refractivity contribution in [3.05, 3.63) is 34.3 Å². The first-order valence-electron chi connectivity index (χ1n) is 6.97. The largest absolute Gasteiger partial charge is 0.339 e. The standard InChI is InChI=1S/C15H21BrN2O/c1-2-18(11-12-6-5-9-17-10-12)15(19)13-7-3-4-8-14(13)16/h3-4,7-8,12,17H,2,5-6,9-11H2,1H3. The average Bonchev–Trinajstić information content (AvgIpc) is 2.46. The highest BCUT2D eigenvalue weighted by molar-refractivity contribution is 9.10. The summed E-state index contributed by atoms with van der Waals surface area (Å²) in [6.45, 7) is 5.80. The summed E-state index contributed by atoms with van der Waals surface area (Å²) in [7, 11) is 0. The van der Waals surface area contributed by atoms with E-state index in [0.29, 0.717) is 5.92 Å². The monoisotopic (exact) mass is 324 g/mol. The van der Waals surface area contributed by atoms with Gasteiger partial charge in [-0.15, -0.1) is 0 Å². The van der Waals surface area contributed by atoms with Crippen molar-refractivity contribution in [2.45, 2.75) is 19.8 Å². The molecule has 1 aromatic rings. The molecule has 1 unspecified atom stereocenters. The molecule has 1 heterocycles. The molecule has 1 atom stereocenters. The quantitative estimate of drug-likeness (QED) is 0.923. The third kappa shape index (κ3) is 3.80. The molecule has 0 saturated carbocycles. The number of carbonyl (C=O) groups is 1. The molecule has 3 nitrogen and oxygen atoms in total. The zero-order valence-corrected chi connectivity index (χ0v) is 12.9. The van der Waals surface area contributed by atoms with E-state index in [9.17, 15) is 4.79 Å². The molecule has 2 rings (SSSR count). The minimum Gasteiger partial charge on any atom is -0.339 e. The number of halogens is 1. The van der Waals surface area contributed by atoms with Crippen LogP contribution in [-0.2, 0) is 0 Å². The lowest BCUT2D eigenvalue weighted by Crippen LogP contribution is -2.41. The first-order valence-corrected chi connectivity index (χ1v) is 7.76. The van der Waals surface area contributed by atoms with Crippen molar-refractivity contribution in [2.75, 3.05) is 26.2 Å². The Bertz CT molecular complexity index is 430. The molecule has 0 radical (unpaired) electrons. The van der Waals surface area contributed by atoms with E-state index in [1.54, 1.807) is 0 Å². The van der Waals surface area contributed by atoms with E-state index in [1.165, 1.54) is 12.8 Å². The molecule has 1 aliphatic rings. The molecule has 1 N–H and O–H groups in total. The van der Waals surface area contributed by atoms with Gasteiger partial charge in [-0.1, -0.05) is 12.1 Å². The third-order valence-electron chi connectivity index (χ3n) is 3.65. The number of benzene rings is 1. The summed E-state index contributed by atoms with van der Waals surface area (Å²) < 4.78 is 0.875. The van der Waals surface area contributed by atoms with Crippen LogP contribution in [0.5, 0.6) is 0 Å². The SMILES string of the molecule is CCN(CC1CCCNC1)C(=O)c1ccccc1Br. The normalized spacial score (nSPS) is 19.2. The third-order valence-corrected chi connectivity index (χ3v) is 4.34. The highest BCUT2D eigenvalue weighted by Crippen LogP contribution is 2.19. The summed E-state index contributed by atoms with van der Waals surface area (Å²) in [4.78, 5) is 14.5. The fourth-order valence-corrected chi connectivity index (χ4v) is 3.01. The maximum atomic E-state index is 12.5. The van der Waals surface area contributed by atoms with Crippen molar-refractivity contribution < 1.29 is 4.79 Å². The van der Waals surface area contributed by atoms with Gasteiger partial charge in [0.25, 0.3) is 5.91 Å². The van der Waals surface area contributed by atoms with Gasteiger partial charge in [0.1, 0.15) is 0 Å². The number of nitrogens with one attached hydrogen (secondary N) is 1. The van der Waals surface area contributed by atoms with Gasteiger partial charge in [-0.25, -0.2) is 0 Å². The second-order valence-electron chi connectivity index (χ2n) is 5.04. The molecule has 4 heteroatoms. The van der Waals surface area contributed by atoms with E-state index in [4.69, 9.17) is 0 Å². The number of rotatable bonds is 4. The van der Waals surface area contributed by atoms with Crippen molar-refractivity contribution in [1.29, 1.82) is 0 Å². The van der Waals surface area contributed by atoms with Crippen LogP contribution in [0.4, 0.5) is 0 Å². The number of nitrogens with zero attached hydrogens (tertiary/aromatic N) is 1. The van der Waals surface area contributed by atoms with Crippen LogP contribution in [0.15, 0.2) is 28.7 Å². The van der Waals surface area contributed by atoms with E-state index >= 15 is 0 Å². The average molecular weight is 325 g/mol. The van der Waals surface area contributed by atoms with E-state index in [2.05, 4.69) is 21.2 Å². The van der Waals surface area contributed by atoms with Crippen molar-refractivity contribution in [1.82, 2.24) is 10.2 Å². The molecule has 1 amide bonds. The van der Waals surface area contributed by atoms with Gasteiger partial charge >= 0.3 is 0 Å². The molecule has 1 aromatic carbocycles. The van der Waals surface area contributed by atoms with Crippen LogP contribution in [0.1, 0.15) is 30.1 Å². The van der Waals surface area contributed by atoms with Crippen molar-refractivity contribution in [3.8, 4) is 0 Å². The Labute approximate surface area is 123 Å². The Morgan fingerprint density at radius 1 is 1.47 bits per heavy atom. The van der Waals surface area contributed by atoms with E-state index in [0.717, 1.165) is 36.2 Å². The number of carbonyl (C=O) groups excluding carboxylic acids is 1. The zero-order chi connectivity index (χ0) is 13.7. The maximum Gasteiger partial charge on any atom is 0.254 e.